The topological polar surface area (TPSA) is 114 Å². The van der Waals surface area contributed by atoms with Crippen molar-refractivity contribution < 1.29 is 19.8 Å². The summed E-state index contributed by atoms with van der Waals surface area (Å²) in [5.41, 5.74) is 0.954. The molecule has 7 heteroatoms. The van der Waals surface area contributed by atoms with Crippen LogP contribution in [0.3, 0.4) is 0 Å². The fourth-order valence-electron chi connectivity index (χ4n) is 1.31. The van der Waals surface area contributed by atoms with Crippen molar-refractivity contribution in [3.8, 4) is 6.07 Å². The molecule has 0 saturated heterocycles. The standard InChI is InChI=1S/C12H13N3O4/c1-15(9-4-2-8(6-13)3-5-9)12(19)14-10(7-16)11(17)18/h2-5,10,16H,7H2,1H3,(H,14,19)(H,17,18). The first kappa shape index (κ1) is 14.5. The Labute approximate surface area is 109 Å². The van der Waals surface area contributed by atoms with Crippen LogP contribution >= 0.6 is 0 Å². The van der Waals surface area contributed by atoms with E-state index in [2.05, 4.69) is 5.32 Å². The molecule has 1 atom stereocenters. The summed E-state index contributed by atoms with van der Waals surface area (Å²) in [4.78, 5) is 23.6. The van der Waals surface area contributed by atoms with E-state index in [0.717, 1.165) is 0 Å². The lowest BCUT2D eigenvalue weighted by atomic mass is 10.2. The quantitative estimate of drug-likeness (QED) is 0.715. The van der Waals surface area contributed by atoms with Crippen LogP contribution in [0, 0.1) is 11.3 Å². The molecule has 0 heterocycles. The molecule has 1 unspecified atom stereocenters. The molecule has 0 fully saturated rings. The SMILES string of the molecule is CN(C(=O)NC(CO)C(=O)O)c1ccc(C#N)cc1. The van der Waals surface area contributed by atoms with Gasteiger partial charge in [0.1, 0.15) is 0 Å². The predicted octanol–water partition coefficient (Wildman–Crippen LogP) is 0.150. The average Bonchev–Trinajstić information content (AvgIpc) is 2.43. The number of carbonyl (C=O) groups excluding carboxylic acids is 1. The maximum atomic E-state index is 11.7. The lowest BCUT2D eigenvalue weighted by Gasteiger charge is -2.20. The van der Waals surface area contributed by atoms with E-state index >= 15 is 0 Å². The highest BCUT2D eigenvalue weighted by Gasteiger charge is 2.21. The molecule has 2 amide bonds. The Bertz CT molecular complexity index is 507. The molecule has 1 aromatic rings. The summed E-state index contributed by atoms with van der Waals surface area (Å²) in [6.45, 7) is -0.692. The largest absolute Gasteiger partial charge is 0.480 e. The van der Waals surface area contributed by atoms with E-state index in [1.807, 2.05) is 6.07 Å². The first-order valence-electron chi connectivity index (χ1n) is 5.37. The summed E-state index contributed by atoms with van der Waals surface area (Å²) in [6, 6.07) is 6.14. The third-order valence-electron chi connectivity index (χ3n) is 2.47. The number of carbonyl (C=O) groups is 2. The first-order chi connectivity index (χ1) is 8.99. The average molecular weight is 263 g/mol. The van der Waals surface area contributed by atoms with E-state index in [1.54, 1.807) is 24.3 Å². The van der Waals surface area contributed by atoms with Crippen LogP contribution in [0.2, 0.25) is 0 Å². The normalized spacial score (nSPS) is 11.2. The number of aliphatic hydroxyl groups is 1. The van der Waals surface area contributed by atoms with Crippen LogP contribution in [0.15, 0.2) is 24.3 Å². The van der Waals surface area contributed by atoms with Gasteiger partial charge in [-0.15, -0.1) is 0 Å². The lowest BCUT2D eigenvalue weighted by Crippen LogP contribution is -2.48. The monoisotopic (exact) mass is 263 g/mol. The van der Waals surface area contributed by atoms with Gasteiger partial charge in [-0.2, -0.15) is 5.26 Å². The van der Waals surface area contributed by atoms with Crippen molar-refractivity contribution in [2.45, 2.75) is 6.04 Å². The number of nitrogens with one attached hydrogen (secondary N) is 1. The second-order valence-corrected chi connectivity index (χ2v) is 3.74. The van der Waals surface area contributed by atoms with Crippen molar-refractivity contribution >= 4 is 17.7 Å². The van der Waals surface area contributed by atoms with Gasteiger partial charge in [-0.3, -0.25) is 4.90 Å². The lowest BCUT2D eigenvalue weighted by molar-refractivity contribution is -0.140. The molecule has 3 N–H and O–H groups in total. The van der Waals surface area contributed by atoms with E-state index in [0.29, 0.717) is 11.3 Å². The zero-order chi connectivity index (χ0) is 14.4. The fourth-order valence-corrected chi connectivity index (χ4v) is 1.31. The molecule has 1 rings (SSSR count). The Kier molecular flexibility index (Phi) is 4.85. The highest BCUT2D eigenvalue weighted by atomic mass is 16.4. The molecule has 100 valence electrons. The Morgan fingerprint density at radius 3 is 2.42 bits per heavy atom. The van der Waals surface area contributed by atoms with Gasteiger partial charge in [-0.25, -0.2) is 9.59 Å². The van der Waals surface area contributed by atoms with E-state index in [-0.39, 0.29) is 0 Å². The number of aliphatic carboxylic acids is 1. The van der Waals surface area contributed by atoms with Gasteiger partial charge in [0.05, 0.1) is 18.2 Å². The number of hydrogen-bond acceptors (Lipinski definition) is 4. The fraction of sp³-hybridized carbons (Fsp3) is 0.250. The molecular formula is C12H13N3O4. The van der Waals surface area contributed by atoms with Crippen molar-refractivity contribution in [3.63, 3.8) is 0 Å². The number of anilines is 1. The van der Waals surface area contributed by atoms with Gasteiger partial charge in [-0.1, -0.05) is 0 Å². The Morgan fingerprint density at radius 1 is 1.42 bits per heavy atom. The van der Waals surface area contributed by atoms with E-state index in [4.69, 9.17) is 15.5 Å². The first-order valence-corrected chi connectivity index (χ1v) is 5.37. The van der Waals surface area contributed by atoms with Gasteiger partial charge >= 0.3 is 12.0 Å². The van der Waals surface area contributed by atoms with Crippen LogP contribution in [0.25, 0.3) is 0 Å². The molecule has 0 aromatic heterocycles. The number of urea groups is 1. The van der Waals surface area contributed by atoms with Crippen LogP contribution in [0.1, 0.15) is 5.56 Å². The van der Waals surface area contributed by atoms with Gasteiger partial charge in [0.15, 0.2) is 6.04 Å². The minimum Gasteiger partial charge on any atom is -0.480 e. The number of hydrogen-bond donors (Lipinski definition) is 3. The van der Waals surface area contributed by atoms with Crippen LogP contribution in [-0.2, 0) is 4.79 Å². The maximum Gasteiger partial charge on any atom is 0.328 e. The maximum absolute atomic E-state index is 11.7. The van der Waals surface area contributed by atoms with Gasteiger partial charge in [-0.05, 0) is 24.3 Å². The molecule has 0 radical (unpaired) electrons. The molecule has 0 bridgehead atoms. The third kappa shape index (κ3) is 3.69. The van der Waals surface area contributed by atoms with Crippen LogP contribution in [-0.4, -0.2) is 41.9 Å². The highest BCUT2D eigenvalue weighted by Crippen LogP contribution is 2.13. The van der Waals surface area contributed by atoms with Crippen LogP contribution < -0.4 is 10.2 Å². The zero-order valence-electron chi connectivity index (χ0n) is 10.2. The molecule has 0 aliphatic rings. The molecular weight excluding hydrogens is 250 g/mol. The molecule has 0 aliphatic heterocycles. The number of benzene rings is 1. The van der Waals surface area contributed by atoms with Crippen LogP contribution in [0.5, 0.6) is 0 Å². The smallest absolute Gasteiger partial charge is 0.328 e. The Hall–Kier alpha value is -2.59. The van der Waals surface area contributed by atoms with E-state index in [9.17, 15) is 9.59 Å². The second-order valence-electron chi connectivity index (χ2n) is 3.74. The van der Waals surface area contributed by atoms with Crippen molar-refractivity contribution in [1.29, 1.82) is 5.26 Å². The number of carboxylic acid groups (broad SMARTS) is 1. The number of aliphatic hydroxyl groups excluding tert-OH is 1. The number of carboxylic acids is 1. The summed E-state index contributed by atoms with van der Waals surface area (Å²) < 4.78 is 0. The van der Waals surface area contributed by atoms with E-state index < -0.39 is 24.6 Å². The van der Waals surface area contributed by atoms with Gasteiger partial charge in [0.2, 0.25) is 0 Å². The minimum atomic E-state index is -1.35. The minimum absolute atomic E-state index is 0.455. The summed E-state index contributed by atoms with van der Waals surface area (Å²) in [7, 11) is 1.45. The van der Waals surface area contributed by atoms with E-state index in [1.165, 1.54) is 11.9 Å². The number of nitriles is 1. The van der Waals surface area contributed by atoms with Gasteiger partial charge < -0.3 is 15.5 Å². The molecule has 0 aliphatic carbocycles. The van der Waals surface area contributed by atoms with Gasteiger partial charge in [0, 0.05) is 12.7 Å². The second kappa shape index (κ2) is 6.37. The Balaban J connectivity index is 2.76. The number of rotatable bonds is 4. The van der Waals surface area contributed by atoms with Crippen molar-refractivity contribution in [1.82, 2.24) is 5.32 Å². The number of amides is 2. The Morgan fingerprint density at radius 2 is 2.00 bits per heavy atom. The van der Waals surface area contributed by atoms with Crippen LogP contribution in [0.4, 0.5) is 10.5 Å². The summed E-state index contributed by atoms with van der Waals surface area (Å²) in [5, 5.41) is 28.3. The molecule has 19 heavy (non-hydrogen) atoms. The van der Waals surface area contributed by atoms with Gasteiger partial charge in [0.25, 0.3) is 0 Å². The molecule has 7 nitrogen and oxygen atoms in total. The van der Waals surface area contributed by atoms with Crippen molar-refractivity contribution in [2.75, 3.05) is 18.6 Å². The molecule has 0 spiro atoms. The molecule has 1 aromatic carbocycles. The highest BCUT2D eigenvalue weighted by molar-refractivity contribution is 5.94. The number of nitrogens with zero attached hydrogens (tertiary/aromatic N) is 2. The summed E-state index contributed by atoms with van der Waals surface area (Å²) in [6.07, 6.45) is 0. The zero-order valence-corrected chi connectivity index (χ0v) is 10.2. The summed E-state index contributed by atoms with van der Waals surface area (Å²) in [5.74, 6) is -1.32. The predicted molar refractivity (Wildman–Crippen MR) is 66.6 cm³/mol. The third-order valence-corrected chi connectivity index (χ3v) is 2.47. The summed E-state index contributed by atoms with van der Waals surface area (Å²) >= 11 is 0. The van der Waals surface area contributed by atoms with Crippen molar-refractivity contribution in [2.24, 2.45) is 0 Å². The molecule has 0 saturated carbocycles. The van der Waals surface area contributed by atoms with Crippen molar-refractivity contribution in [3.05, 3.63) is 29.8 Å².